The monoisotopic (exact) mass is 272 g/mol. The first-order chi connectivity index (χ1) is 9.33. The maximum absolute atomic E-state index is 6.30. The Bertz CT molecular complexity index is 549. The molecule has 1 saturated carbocycles. The Morgan fingerprint density at radius 2 is 2.05 bits per heavy atom. The molecule has 0 saturated heterocycles. The Morgan fingerprint density at radius 3 is 2.89 bits per heavy atom. The van der Waals surface area contributed by atoms with Gasteiger partial charge in [0.25, 0.3) is 0 Å². The Morgan fingerprint density at radius 1 is 1.26 bits per heavy atom. The van der Waals surface area contributed by atoms with E-state index in [1.165, 1.54) is 31.1 Å². The van der Waals surface area contributed by atoms with Gasteiger partial charge in [-0.2, -0.15) is 11.8 Å². The van der Waals surface area contributed by atoms with Crippen LogP contribution in [0, 0.1) is 0 Å². The minimum atomic E-state index is 0.0997. The van der Waals surface area contributed by atoms with Gasteiger partial charge in [-0.15, -0.1) is 0 Å². The van der Waals surface area contributed by atoms with Crippen molar-refractivity contribution in [3.63, 3.8) is 0 Å². The van der Waals surface area contributed by atoms with Crippen molar-refractivity contribution in [1.29, 1.82) is 0 Å². The van der Waals surface area contributed by atoms with E-state index in [2.05, 4.69) is 17.1 Å². The third kappa shape index (κ3) is 3.10. The summed E-state index contributed by atoms with van der Waals surface area (Å²) in [7, 11) is 0. The fourth-order valence-corrected chi connectivity index (χ4v) is 4.02. The summed E-state index contributed by atoms with van der Waals surface area (Å²) >= 11 is 2.04. The molecule has 1 heterocycles. The van der Waals surface area contributed by atoms with Crippen LogP contribution in [0.3, 0.4) is 0 Å². The molecule has 1 aromatic carbocycles. The summed E-state index contributed by atoms with van der Waals surface area (Å²) in [6.07, 6.45) is 7.46. The summed E-state index contributed by atoms with van der Waals surface area (Å²) in [4.78, 5) is 4.49. The average Bonchev–Trinajstić information content (AvgIpc) is 2.97. The van der Waals surface area contributed by atoms with Gasteiger partial charge in [-0.1, -0.05) is 31.0 Å². The minimum Gasteiger partial charge on any atom is -0.323 e. The van der Waals surface area contributed by atoms with Crippen LogP contribution < -0.4 is 5.73 Å². The fraction of sp³-hybridized carbons (Fsp3) is 0.438. The number of fused-ring (bicyclic) bond motifs is 1. The second-order valence-electron chi connectivity index (χ2n) is 5.31. The van der Waals surface area contributed by atoms with E-state index >= 15 is 0 Å². The first-order valence-electron chi connectivity index (χ1n) is 7.05. The molecule has 100 valence electrons. The molecule has 2 nitrogen and oxygen atoms in total. The highest BCUT2D eigenvalue weighted by molar-refractivity contribution is 7.99. The van der Waals surface area contributed by atoms with Crippen LogP contribution in [0.2, 0.25) is 0 Å². The highest BCUT2D eigenvalue weighted by Gasteiger charge is 2.17. The summed E-state index contributed by atoms with van der Waals surface area (Å²) < 4.78 is 0. The van der Waals surface area contributed by atoms with Gasteiger partial charge in [0, 0.05) is 28.6 Å². The average molecular weight is 272 g/mol. The number of hydrogen-bond donors (Lipinski definition) is 1. The summed E-state index contributed by atoms with van der Waals surface area (Å²) in [6.45, 7) is 0. The van der Waals surface area contributed by atoms with Crippen LogP contribution in [0.5, 0.6) is 0 Å². The summed E-state index contributed by atoms with van der Waals surface area (Å²) in [5.41, 5.74) is 8.50. The zero-order chi connectivity index (χ0) is 13.1. The van der Waals surface area contributed by atoms with E-state index in [0.29, 0.717) is 0 Å². The maximum Gasteiger partial charge on any atom is 0.0702 e. The number of thioether (sulfide) groups is 1. The van der Waals surface area contributed by atoms with Crippen molar-refractivity contribution in [2.24, 2.45) is 5.73 Å². The van der Waals surface area contributed by atoms with Gasteiger partial charge in [0.05, 0.1) is 5.52 Å². The second-order valence-corrected chi connectivity index (χ2v) is 6.64. The lowest BCUT2D eigenvalue weighted by atomic mass is 10.1. The molecule has 0 radical (unpaired) electrons. The number of hydrogen-bond acceptors (Lipinski definition) is 3. The third-order valence-electron chi connectivity index (χ3n) is 3.85. The molecular weight excluding hydrogens is 252 g/mol. The smallest absolute Gasteiger partial charge is 0.0702 e. The maximum atomic E-state index is 6.30. The zero-order valence-corrected chi connectivity index (χ0v) is 11.9. The fourth-order valence-electron chi connectivity index (χ4n) is 2.68. The van der Waals surface area contributed by atoms with Crippen LogP contribution in [0.25, 0.3) is 10.9 Å². The van der Waals surface area contributed by atoms with Crippen molar-refractivity contribution in [2.45, 2.75) is 37.0 Å². The van der Waals surface area contributed by atoms with E-state index in [9.17, 15) is 0 Å². The van der Waals surface area contributed by atoms with Gasteiger partial charge in [0.15, 0.2) is 0 Å². The Balaban J connectivity index is 1.68. The lowest BCUT2D eigenvalue weighted by molar-refractivity contribution is 0.817. The van der Waals surface area contributed by atoms with Gasteiger partial charge in [-0.05, 0) is 30.5 Å². The Hall–Kier alpha value is -1.06. The second kappa shape index (κ2) is 5.93. The molecule has 0 bridgehead atoms. The molecule has 1 fully saturated rings. The Labute approximate surface area is 118 Å². The van der Waals surface area contributed by atoms with Crippen LogP contribution in [0.4, 0.5) is 0 Å². The first kappa shape index (κ1) is 12.9. The molecular formula is C16H20N2S. The lowest BCUT2D eigenvalue weighted by Crippen LogP contribution is -2.15. The van der Waals surface area contributed by atoms with Gasteiger partial charge in [0.2, 0.25) is 0 Å². The molecule has 19 heavy (non-hydrogen) atoms. The zero-order valence-electron chi connectivity index (χ0n) is 11.1. The third-order valence-corrected chi connectivity index (χ3v) is 5.35. The number of nitrogens with zero attached hydrogens (tertiary/aromatic N) is 1. The molecule has 1 atom stereocenters. The van der Waals surface area contributed by atoms with Crippen LogP contribution in [-0.2, 0) is 0 Å². The number of nitrogens with two attached hydrogens (primary N) is 1. The minimum absolute atomic E-state index is 0.0997. The highest BCUT2D eigenvalue weighted by atomic mass is 32.2. The van der Waals surface area contributed by atoms with Gasteiger partial charge in [-0.25, -0.2) is 0 Å². The van der Waals surface area contributed by atoms with Gasteiger partial charge >= 0.3 is 0 Å². The van der Waals surface area contributed by atoms with Crippen LogP contribution >= 0.6 is 11.8 Å². The summed E-state index contributed by atoms with van der Waals surface area (Å²) in [5.74, 6) is 1.00. The lowest BCUT2D eigenvalue weighted by Gasteiger charge is -2.15. The van der Waals surface area contributed by atoms with E-state index in [1.54, 1.807) is 0 Å². The number of rotatable bonds is 4. The van der Waals surface area contributed by atoms with E-state index in [0.717, 1.165) is 22.1 Å². The van der Waals surface area contributed by atoms with Crippen LogP contribution in [0.1, 0.15) is 37.3 Å². The van der Waals surface area contributed by atoms with E-state index < -0.39 is 0 Å². The summed E-state index contributed by atoms with van der Waals surface area (Å²) in [6, 6.07) is 10.5. The predicted molar refractivity (Wildman–Crippen MR) is 83.4 cm³/mol. The predicted octanol–water partition coefficient (Wildman–Crippen LogP) is 3.91. The molecule has 3 rings (SSSR count). The van der Waals surface area contributed by atoms with E-state index in [-0.39, 0.29) is 6.04 Å². The topological polar surface area (TPSA) is 38.9 Å². The SMILES string of the molecule is NC(CSC1CCCC1)c1cnc2ccccc2c1. The van der Waals surface area contributed by atoms with E-state index in [4.69, 9.17) is 5.73 Å². The first-order valence-corrected chi connectivity index (χ1v) is 8.10. The molecule has 1 aliphatic carbocycles. The Kier molecular flexibility index (Phi) is 4.04. The number of aromatic nitrogens is 1. The molecule has 1 aromatic heterocycles. The highest BCUT2D eigenvalue weighted by Crippen LogP contribution is 2.31. The molecule has 0 aliphatic heterocycles. The normalized spacial score (nSPS) is 17.9. The van der Waals surface area contributed by atoms with Crippen molar-refractivity contribution in [1.82, 2.24) is 4.98 Å². The summed E-state index contributed by atoms with van der Waals surface area (Å²) in [5, 5.41) is 2.01. The van der Waals surface area contributed by atoms with Gasteiger partial charge < -0.3 is 5.73 Å². The molecule has 1 unspecified atom stereocenters. The number of para-hydroxylation sites is 1. The molecule has 2 aromatic rings. The van der Waals surface area contributed by atoms with Crippen molar-refractivity contribution >= 4 is 22.7 Å². The number of pyridine rings is 1. The largest absolute Gasteiger partial charge is 0.323 e. The molecule has 3 heteroatoms. The molecule has 0 spiro atoms. The van der Waals surface area contributed by atoms with Crippen molar-refractivity contribution in [2.75, 3.05) is 5.75 Å². The van der Waals surface area contributed by atoms with Crippen molar-refractivity contribution in [3.05, 3.63) is 42.1 Å². The standard InChI is InChI=1S/C16H20N2S/c17-15(11-19-14-6-2-3-7-14)13-9-12-5-1-4-8-16(12)18-10-13/h1,4-5,8-10,14-15H,2-3,6-7,11,17H2. The quantitative estimate of drug-likeness (QED) is 0.917. The van der Waals surface area contributed by atoms with Crippen molar-refractivity contribution < 1.29 is 0 Å². The van der Waals surface area contributed by atoms with Gasteiger partial charge in [-0.3, -0.25) is 4.98 Å². The van der Waals surface area contributed by atoms with E-state index in [1.807, 2.05) is 36.2 Å². The molecule has 1 aliphatic rings. The molecule has 0 amide bonds. The van der Waals surface area contributed by atoms with Crippen LogP contribution in [-0.4, -0.2) is 16.0 Å². The van der Waals surface area contributed by atoms with Crippen LogP contribution in [0.15, 0.2) is 36.5 Å². The number of benzene rings is 1. The molecule has 2 N–H and O–H groups in total. The van der Waals surface area contributed by atoms with Gasteiger partial charge in [0.1, 0.15) is 0 Å². The van der Waals surface area contributed by atoms with Crippen molar-refractivity contribution in [3.8, 4) is 0 Å².